The first-order valence-electron chi connectivity index (χ1n) is 6.69. The third kappa shape index (κ3) is 3.31. The topological polar surface area (TPSA) is 75.4 Å². The zero-order valence-electron chi connectivity index (χ0n) is 12.3. The van der Waals surface area contributed by atoms with Gasteiger partial charge in [-0.15, -0.1) is 0 Å². The zero-order chi connectivity index (χ0) is 15.6. The van der Waals surface area contributed by atoms with Gasteiger partial charge >= 0.3 is 0 Å². The molecular weight excluding hydrogens is 268 g/mol. The molecule has 0 aromatic heterocycles. The second kappa shape index (κ2) is 5.83. The molecule has 5 heteroatoms. The van der Waals surface area contributed by atoms with Crippen LogP contribution < -0.4 is 5.32 Å². The van der Waals surface area contributed by atoms with Crippen molar-refractivity contribution in [1.29, 1.82) is 0 Å². The smallest absolute Gasteiger partial charge is 0.274 e. The fraction of sp³-hybridized carbons (Fsp3) is 0.250. The molecule has 2 aromatic rings. The van der Waals surface area contributed by atoms with Crippen LogP contribution in [-0.2, 0) is 0 Å². The van der Waals surface area contributed by atoms with Crippen molar-refractivity contribution < 1.29 is 10.0 Å². The van der Waals surface area contributed by atoms with E-state index in [9.17, 15) is 15.2 Å². The monoisotopic (exact) mass is 286 g/mol. The fourth-order valence-corrected chi connectivity index (χ4v) is 2.30. The van der Waals surface area contributed by atoms with Crippen molar-refractivity contribution in [3.63, 3.8) is 0 Å². The Morgan fingerprint density at radius 2 is 1.90 bits per heavy atom. The number of hydrogen-bond acceptors (Lipinski definition) is 4. The molecule has 0 radical (unpaired) electrons. The van der Waals surface area contributed by atoms with E-state index in [4.69, 9.17) is 0 Å². The highest BCUT2D eigenvalue weighted by Crippen LogP contribution is 2.29. The van der Waals surface area contributed by atoms with E-state index in [1.165, 1.54) is 0 Å². The van der Waals surface area contributed by atoms with Gasteiger partial charge in [-0.3, -0.25) is 10.1 Å². The van der Waals surface area contributed by atoms with E-state index in [2.05, 4.69) is 5.32 Å². The maximum Gasteiger partial charge on any atom is 0.274 e. The minimum Gasteiger partial charge on any atom is -0.508 e. The molecule has 0 aliphatic heterocycles. The molecule has 0 spiro atoms. The summed E-state index contributed by atoms with van der Waals surface area (Å²) >= 11 is 0. The van der Waals surface area contributed by atoms with Crippen LogP contribution in [0.2, 0.25) is 0 Å². The van der Waals surface area contributed by atoms with Gasteiger partial charge in [-0.1, -0.05) is 12.1 Å². The second-order valence-electron chi connectivity index (χ2n) is 5.17. The minimum absolute atomic E-state index is 0.0712. The lowest BCUT2D eigenvalue weighted by atomic mass is 10.0. The Labute approximate surface area is 123 Å². The number of phenolic OH excluding ortho intramolecular Hbond substituents is 1. The first-order chi connectivity index (χ1) is 9.88. The molecule has 0 amide bonds. The zero-order valence-corrected chi connectivity index (χ0v) is 12.3. The average molecular weight is 286 g/mol. The predicted octanol–water partition coefficient (Wildman–Crippen LogP) is 4.09. The van der Waals surface area contributed by atoms with Crippen LogP contribution in [0.1, 0.15) is 29.7 Å². The van der Waals surface area contributed by atoms with Gasteiger partial charge in [0.15, 0.2) is 0 Å². The van der Waals surface area contributed by atoms with Gasteiger partial charge in [0.1, 0.15) is 5.75 Å². The summed E-state index contributed by atoms with van der Waals surface area (Å²) in [6, 6.07) is 10.2. The standard InChI is InChI=1S/C16H18N2O3/c1-10-7-11(2)16(18(20)21)9-15(10)17-12(3)13-5-4-6-14(19)8-13/h4-9,12,17,19H,1-3H3. The lowest BCUT2D eigenvalue weighted by Crippen LogP contribution is -2.08. The highest BCUT2D eigenvalue weighted by atomic mass is 16.6. The molecule has 0 bridgehead atoms. The van der Waals surface area contributed by atoms with E-state index >= 15 is 0 Å². The normalized spacial score (nSPS) is 12.0. The third-order valence-corrected chi connectivity index (χ3v) is 3.48. The lowest BCUT2D eigenvalue weighted by molar-refractivity contribution is -0.385. The molecule has 2 aromatic carbocycles. The van der Waals surface area contributed by atoms with Gasteiger partial charge in [-0.25, -0.2) is 0 Å². The Kier molecular flexibility index (Phi) is 4.12. The summed E-state index contributed by atoms with van der Waals surface area (Å²) in [6.45, 7) is 5.59. The largest absolute Gasteiger partial charge is 0.508 e. The number of nitro groups is 1. The minimum atomic E-state index is -0.376. The van der Waals surface area contributed by atoms with E-state index < -0.39 is 0 Å². The highest BCUT2D eigenvalue weighted by molar-refractivity contribution is 5.61. The van der Waals surface area contributed by atoms with Crippen molar-refractivity contribution in [1.82, 2.24) is 0 Å². The van der Waals surface area contributed by atoms with Crippen molar-refractivity contribution in [2.24, 2.45) is 0 Å². The number of nitro benzene ring substituents is 1. The van der Waals surface area contributed by atoms with Gasteiger partial charge in [0.05, 0.1) is 4.92 Å². The van der Waals surface area contributed by atoms with Gasteiger partial charge in [-0.2, -0.15) is 0 Å². The summed E-state index contributed by atoms with van der Waals surface area (Å²) in [5.74, 6) is 0.202. The first kappa shape index (κ1) is 14.8. The molecule has 0 aliphatic carbocycles. The number of hydrogen-bond donors (Lipinski definition) is 2. The molecule has 1 atom stereocenters. The van der Waals surface area contributed by atoms with E-state index in [0.717, 1.165) is 16.8 Å². The Hall–Kier alpha value is -2.56. The highest BCUT2D eigenvalue weighted by Gasteiger charge is 2.15. The molecule has 0 saturated carbocycles. The van der Waals surface area contributed by atoms with Crippen molar-refractivity contribution >= 4 is 11.4 Å². The van der Waals surface area contributed by atoms with E-state index in [0.29, 0.717) is 5.56 Å². The van der Waals surface area contributed by atoms with Crippen LogP contribution in [-0.4, -0.2) is 10.0 Å². The van der Waals surface area contributed by atoms with Gasteiger partial charge in [0.25, 0.3) is 5.69 Å². The van der Waals surface area contributed by atoms with Crippen molar-refractivity contribution in [3.05, 3.63) is 63.2 Å². The predicted molar refractivity (Wildman–Crippen MR) is 82.7 cm³/mol. The molecule has 2 rings (SSSR count). The fourth-order valence-electron chi connectivity index (χ4n) is 2.30. The molecule has 1 unspecified atom stereocenters. The number of aryl methyl sites for hydroxylation is 2. The maximum absolute atomic E-state index is 11.0. The number of phenols is 1. The van der Waals surface area contributed by atoms with Gasteiger partial charge in [0.2, 0.25) is 0 Å². The number of rotatable bonds is 4. The van der Waals surface area contributed by atoms with Crippen LogP contribution in [0.3, 0.4) is 0 Å². The number of aromatic hydroxyl groups is 1. The number of nitrogens with zero attached hydrogens (tertiary/aromatic N) is 1. The molecular formula is C16H18N2O3. The van der Waals surface area contributed by atoms with Gasteiger partial charge < -0.3 is 10.4 Å². The summed E-state index contributed by atoms with van der Waals surface area (Å²) < 4.78 is 0. The van der Waals surface area contributed by atoms with Crippen LogP contribution in [0.25, 0.3) is 0 Å². The van der Waals surface area contributed by atoms with Crippen LogP contribution in [0.4, 0.5) is 11.4 Å². The van der Waals surface area contributed by atoms with E-state index in [1.807, 2.05) is 19.9 Å². The lowest BCUT2D eigenvalue weighted by Gasteiger charge is -2.18. The van der Waals surface area contributed by atoms with Crippen LogP contribution in [0.15, 0.2) is 36.4 Å². The van der Waals surface area contributed by atoms with Crippen LogP contribution in [0, 0.1) is 24.0 Å². The SMILES string of the molecule is Cc1cc(C)c([N+](=O)[O-])cc1NC(C)c1cccc(O)c1. The molecule has 21 heavy (non-hydrogen) atoms. The van der Waals surface area contributed by atoms with Crippen molar-refractivity contribution in [2.45, 2.75) is 26.8 Å². The van der Waals surface area contributed by atoms with Gasteiger partial charge in [-0.05, 0) is 50.1 Å². The molecule has 0 fully saturated rings. The van der Waals surface area contributed by atoms with Gasteiger partial charge in [0, 0.05) is 23.4 Å². The molecule has 5 nitrogen and oxygen atoms in total. The molecule has 0 aliphatic rings. The number of benzene rings is 2. The Morgan fingerprint density at radius 3 is 2.52 bits per heavy atom. The summed E-state index contributed by atoms with van der Waals surface area (Å²) in [5, 5.41) is 23.8. The average Bonchev–Trinajstić information content (AvgIpc) is 2.41. The Morgan fingerprint density at radius 1 is 1.19 bits per heavy atom. The summed E-state index contributed by atoms with van der Waals surface area (Å²) in [7, 11) is 0. The summed E-state index contributed by atoms with van der Waals surface area (Å²) in [5.41, 5.74) is 3.34. The van der Waals surface area contributed by atoms with Crippen molar-refractivity contribution in [3.8, 4) is 5.75 Å². The number of anilines is 1. The van der Waals surface area contributed by atoms with Crippen molar-refractivity contribution in [2.75, 3.05) is 5.32 Å². The Bertz CT molecular complexity index is 683. The molecule has 0 saturated heterocycles. The second-order valence-corrected chi connectivity index (χ2v) is 5.17. The quantitative estimate of drug-likeness (QED) is 0.655. The molecule has 0 heterocycles. The maximum atomic E-state index is 11.0. The first-order valence-corrected chi connectivity index (χ1v) is 6.69. The van der Waals surface area contributed by atoms with Crippen LogP contribution >= 0.6 is 0 Å². The van der Waals surface area contributed by atoms with Crippen LogP contribution in [0.5, 0.6) is 5.75 Å². The number of nitrogens with one attached hydrogen (secondary N) is 1. The Balaban J connectivity index is 2.31. The summed E-state index contributed by atoms with van der Waals surface area (Å²) in [6.07, 6.45) is 0. The van der Waals surface area contributed by atoms with E-state index in [-0.39, 0.29) is 22.4 Å². The summed E-state index contributed by atoms with van der Waals surface area (Å²) in [4.78, 5) is 10.7. The molecule has 2 N–H and O–H groups in total. The third-order valence-electron chi connectivity index (χ3n) is 3.48. The van der Waals surface area contributed by atoms with E-state index in [1.54, 1.807) is 37.3 Å². The molecule has 110 valence electrons.